The standard InChI is InChI=1S/C9H8FNO6/c10-4-2-11-5(1-3(4)8(14)15)6(12)7(13)9(16)17/h1-2,6-7,12-13H,(H,14,15)(H,16,17). The van der Waals surface area contributed by atoms with Crippen molar-refractivity contribution in [3.63, 3.8) is 0 Å². The van der Waals surface area contributed by atoms with E-state index in [1.54, 1.807) is 0 Å². The van der Waals surface area contributed by atoms with Crippen LogP contribution in [0.3, 0.4) is 0 Å². The molecule has 2 unspecified atom stereocenters. The fourth-order valence-corrected chi connectivity index (χ4v) is 1.08. The van der Waals surface area contributed by atoms with Crippen molar-refractivity contribution in [2.75, 3.05) is 0 Å². The van der Waals surface area contributed by atoms with E-state index in [1.165, 1.54) is 0 Å². The van der Waals surface area contributed by atoms with Crippen LogP contribution in [0.25, 0.3) is 0 Å². The van der Waals surface area contributed by atoms with E-state index in [1.807, 2.05) is 0 Å². The van der Waals surface area contributed by atoms with Crippen molar-refractivity contribution in [2.24, 2.45) is 0 Å². The average Bonchev–Trinajstić information content (AvgIpc) is 2.27. The Morgan fingerprint density at radius 1 is 1.29 bits per heavy atom. The molecule has 0 aliphatic rings. The lowest BCUT2D eigenvalue weighted by Crippen LogP contribution is -2.28. The third-order valence-corrected chi connectivity index (χ3v) is 1.96. The van der Waals surface area contributed by atoms with Crippen molar-refractivity contribution >= 4 is 11.9 Å². The van der Waals surface area contributed by atoms with Gasteiger partial charge in [0, 0.05) is 0 Å². The van der Waals surface area contributed by atoms with E-state index in [0.717, 1.165) is 0 Å². The van der Waals surface area contributed by atoms with Crippen LogP contribution >= 0.6 is 0 Å². The quantitative estimate of drug-likeness (QED) is 0.557. The number of aromatic nitrogens is 1. The van der Waals surface area contributed by atoms with Gasteiger partial charge in [0.2, 0.25) is 0 Å². The third-order valence-electron chi connectivity index (χ3n) is 1.96. The summed E-state index contributed by atoms with van der Waals surface area (Å²) < 4.78 is 12.9. The second kappa shape index (κ2) is 4.85. The van der Waals surface area contributed by atoms with Crippen LogP contribution < -0.4 is 0 Å². The molecule has 17 heavy (non-hydrogen) atoms. The Morgan fingerprint density at radius 2 is 1.88 bits per heavy atom. The van der Waals surface area contributed by atoms with E-state index in [4.69, 9.17) is 15.3 Å². The first kappa shape index (κ1) is 13.0. The lowest BCUT2D eigenvalue weighted by Gasteiger charge is -2.13. The fourth-order valence-electron chi connectivity index (χ4n) is 1.08. The number of nitrogens with zero attached hydrogens (tertiary/aromatic N) is 1. The van der Waals surface area contributed by atoms with Gasteiger partial charge >= 0.3 is 11.9 Å². The van der Waals surface area contributed by atoms with Gasteiger partial charge < -0.3 is 20.4 Å². The Morgan fingerprint density at radius 3 is 2.35 bits per heavy atom. The normalized spacial score (nSPS) is 14.1. The molecular formula is C9H8FNO6. The van der Waals surface area contributed by atoms with Crippen molar-refractivity contribution in [3.05, 3.63) is 29.3 Å². The van der Waals surface area contributed by atoms with E-state index in [2.05, 4.69) is 4.98 Å². The van der Waals surface area contributed by atoms with Gasteiger partial charge in [0.25, 0.3) is 0 Å². The van der Waals surface area contributed by atoms with Crippen LogP contribution in [0.5, 0.6) is 0 Å². The summed E-state index contributed by atoms with van der Waals surface area (Å²) in [6, 6.07) is 0.661. The van der Waals surface area contributed by atoms with Gasteiger partial charge in [-0.15, -0.1) is 0 Å². The van der Waals surface area contributed by atoms with Gasteiger partial charge in [-0.25, -0.2) is 14.0 Å². The van der Waals surface area contributed by atoms with Gasteiger partial charge in [-0.2, -0.15) is 0 Å². The molecule has 0 saturated carbocycles. The molecule has 0 saturated heterocycles. The summed E-state index contributed by atoms with van der Waals surface area (Å²) in [4.78, 5) is 24.3. The van der Waals surface area contributed by atoms with Crippen LogP contribution in [-0.4, -0.2) is 43.5 Å². The van der Waals surface area contributed by atoms with Gasteiger partial charge in [-0.05, 0) is 6.07 Å². The molecule has 1 heterocycles. The number of hydrogen-bond acceptors (Lipinski definition) is 5. The summed E-state index contributed by atoms with van der Waals surface area (Å²) in [7, 11) is 0. The molecule has 1 aromatic heterocycles. The average molecular weight is 245 g/mol. The number of aliphatic hydroxyl groups is 2. The maximum Gasteiger partial charge on any atom is 0.338 e. The van der Waals surface area contributed by atoms with Crippen molar-refractivity contribution in [3.8, 4) is 0 Å². The van der Waals surface area contributed by atoms with Crippen LogP contribution in [0.1, 0.15) is 22.2 Å². The third kappa shape index (κ3) is 2.74. The lowest BCUT2D eigenvalue weighted by molar-refractivity contribution is -0.153. The predicted molar refractivity (Wildman–Crippen MR) is 49.8 cm³/mol. The summed E-state index contributed by atoms with van der Waals surface area (Å²) >= 11 is 0. The minimum atomic E-state index is -2.17. The first-order valence-corrected chi connectivity index (χ1v) is 4.32. The number of halogens is 1. The Kier molecular flexibility index (Phi) is 3.71. The molecule has 8 heteroatoms. The van der Waals surface area contributed by atoms with Gasteiger partial charge in [-0.1, -0.05) is 0 Å². The summed E-state index contributed by atoms with van der Waals surface area (Å²) in [5, 5.41) is 35.4. The number of carbonyl (C=O) groups is 2. The van der Waals surface area contributed by atoms with Gasteiger partial charge in [0.15, 0.2) is 11.9 Å². The van der Waals surface area contributed by atoms with Crippen LogP contribution in [0.4, 0.5) is 4.39 Å². The smallest absolute Gasteiger partial charge is 0.338 e. The van der Waals surface area contributed by atoms with Gasteiger partial charge in [0.05, 0.1) is 17.5 Å². The molecular weight excluding hydrogens is 237 g/mol. The summed E-state index contributed by atoms with van der Waals surface area (Å²) in [5.74, 6) is -4.43. The van der Waals surface area contributed by atoms with E-state index in [0.29, 0.717) is 12.3 Å². The van der Waals surface area contributed by atoms with Crippen LogP contribution in [0.2, 0.25) is 0 Å². The monoisotopic (exact) mass is 245 g/mol. The molecule has 0 spiro atoms. The van der Waals surface area contributed by atoms with Crippen LogP contribution in [0.15, 0.2) is 12.3 Å². The molecule has 0 radical (unpaired) electrons. The van der Waals surface area contributed by atoms with E-state index < -0.39 is 41.2 Å². The Hall–Kier alpha value is -2.06. The molecule has 0 bridgehead atoms. The summed E-state index contributed by atoms with van der Waals surface area (Å²) in [5.41, 5.74) is -1.22. The van der Waals surface area contributed by atoms with Gasteiger partial charge in [0.1, 0.15) is 6.10 Å². The molecule has 2 atom stereocenters. The SMILES string of the molecule is O=C(O)c1cc(C(O)C(O)C(=O)O)ncc1F. The minimum Gasteiger partial charge on any atom is -0.479 e. The zero-order valence-electron chi connectivity index (χ0n) is 8.24. The Balaban J connectivity index is 3.11. The number of hydrogen-bond donors (Lipinski definition) is 4. The van der Waals surface area contributed by atoms with Gasteiger partial charge in [-0.3, -0.25) is 4.98 Å². The number of aromatic carboxylic acids is 1. The highest BCUT2D eigenvalue weighted by molar-refractivity contribution is 5.88. The van der Waals surface area contributed by atoms with Crippen molar-refractivity contribution in [1.82, 2.24) is 4.98 Å². The van der Waals surface area contributed by atoms with E-state index in [9.17, 15) is 19.1 Å². The zero-order chi connectivity index (χ0) is 13.2. The first-order valence-electron chi connectivity index (χ1n) is 4.32. The number of carboxylic acid groups (broad SMARTS) is 2. The largest absolute Gasteiger partial charge is 0.479 e. The second-order valence-corrected chi connectivity index (χ2v) is 3.12. The Labute approximate surface area is 93.8 Å². The number of pyridine rings is 1. The van der Waals surface area contributed by atoms with Crippen molar-refractivity contribution in [1.29, 1.82) is 0 Å². The maximum absolute atomic E-state index is 12.9. The fraction of sp³-hybridized carbons (Fsp3) is 0.222. The topological polar surface area (TPSA) is 128 Å². The molecule has 1 rings (SSSR count). The van der Waals surface area contributed by atoms with Crippen LogP contribution in [-0.2, 0) is 4.79 Å². The molecule has 1 aromatic rings. The molecule has 7 nitrogen and oxygen atoms in total. The highest BCUT2D eigenvalue weighted by Gasteiger charge is 2.27. The maximum atomic E-state index is 12.9. The first-order chi connectivity index (χ1) is 7.84. The number of rotatable bonds is 4. The molecule has 0 fully saturated rings. The molecule has 0 aromatic carbocycles. The highest BCUT2D eigenvalue weighted by Crippen LogP contribution is 2.17. The molecule has 0 aliphatic heterocycles. The molecule has 92 valence electrons. The highest BCUT2D eigenvalue weighted by atomic mass is 19.1. The Bertz CT molecular complexity index is 463. The zero-order valence-corrected chi connectivity index (χ0v) is 8.24. The number of aliphatic hydroxyl groups excluding tert-OH is 2. The minimum absolute atomic E-state index is 0.446. The summed E-state index contributed by atoms with van der Waals surface area (Å²) in [6.07, 6.45) is -3.59. The molecule has 4 N–H and O–H groups in total. The summed E-state index contributed by atoms with van der Waals surface area (Å²) in [6.45, 7) is 0. The number of aliphatic carboxylic acids is 1. The van der Waals surface area contributed by atoms with Crippen molar-refractivity contribution < 1.29 is 34.4 Å². The van der Waals surface area contributed by atoms with E-state index >= 15 is 0 Å². The predicted octanol–water partition coefficient (Wildman–Crippen LogP) is -0.602. The van der Waals surface area contributed by atoms with Crippen LogP contribution in [0, 0.1) is 5.82 Å². The number of carboxylic acids is 2. The lowest BCUT2D eigenvalue weighted by atomic mass is 10.1. The second-order valence-electron chi connectivity index (χ2n) is 3.12. The molecule has 0 amide bonds. The van der Waals surface area contributed by atoms with E-state index in [-0.39, 0.29) is 0 Å². The molecule has 0 aliphatic carbocycles. The van der Waals surface area contributed by atoms with Crippen molar-refractivity contribution in [2.45, 2.75) is 12.2 Å².